The van der Waals surface area contributed by atoms with Crippen molar-refractivity contribution in [2.45, 2.75) is 0 Å². The summed E-state index contributed by atoms with van der Waals surface area (Å²) in [6, 6.07) is 0. The van der Waals surface area contributed by atoms with Crippen molar-refractivity contribution in [1.29, 1.82) is 0 Å². The van der Waals surface area contributed by atoms with E-state index in [0.717, 1.165) is 12.3 Å². The van der Waals surface area contributed by atoms with Crippen LogP contribution < -0.4 is 0 Å². The molecule has 0 aromatic carbocycles. The fourth-order valence-electron chi connectivity index (χ4n) is 0.547. The minimum Gasteiger partial charge on any atom is -0.380 e. The van der Waals surface area contributed by atoms with Gasteiger partial charge in [-0.1, -0.05) is 0 Å². The lowest BCUT2D eigenvalue weighted by Gasteiger charge is -2.07. The van der Waals surface area contributed by atoms with E-state index in [2.05, 4.69) is 0 Å². The van der Waals surface area contributed by atoms with Crippen LogP contribution in [-0.4, -0.2) is 25.5 Å². The summed E-state index contributed by atoms with van der Waals surface area (Å²) in [6.07, 6.45) is 1.55. The van der Waals surface area contributed by atoms with Crippen LogP contribution in [0.5, 0.6) is 0 Å². The fourth-order valence-corrected chi connectivity index (χ4v) is 1.44. The summed E-state index contributed by atoms with van der Waals surface area (Å²) in [5, 5.41) is 0. The van der Waals surface area contributed by atoms with E-state index in [9.17, 15) is 4.57 Å². The zero-order valence-electron chi connectivity index (χ0n) is 4.09. The van der Waals surface area contributed by atoms with Gasteiger partial charge in [0.25, 0.3) is 0 Å². The Bertz CT molecular complexity index is 73.8. The van der Waals surface area contributed by atoms with Gasteiger partial charge in [-0.15, -0.1) is 0 Å². The molecule has 2 nitrogen and oxygen atoms in total. The minimum atomic E-state index is -0.867. The number of ether oxygens (including phenoxy) is 1. The van der Waals surface area contributed by atoms with Gasteiger partial charge in [0, 0.05) is 12.3 Å². The topological polar surface area (TPSA) is 26.3 Å². The molecule has 0 amide bonds. The molecule has 0 atom stereocenters. The molecule has 0 spiro atoms. The van der Waals surface area contributed by atoms with E-state index in [4.69, 9.17) is 4.74 Å². The summed E-state index contributed by atoms with van der Waals surface area (Å²) < 4.78 is 15.5. The Balaban J connectivity index is 2.25. The lowest BCUT2D eigenvalue weighted by molar-refractivity contribution is 0.157. The number of rotatable bonds is 0. The molecule has 1 heterocycles. The van der Waals surface area contributed by atoms with Gasteiger partial charge in [-0.3, -0.25) is 4.57 Å². The normalized spacial score (nSPS) is 22.6. The summed E-state index contributed by atoms with van der Waals surface area (Å²) in [5.41, 5.74) is 0. The summed E-state index contributed by atoms with van der Waals surface area (Å²) in [5.74, 6) is 0. The van der Waals surface area contributed by atoms with Crippen LogP contribution in [0.2, 0.25) is 0 Å². The first-order valence-corrected chi connectivity index (χ1v) is 4.02. The highest BCUT2D eigenvalue weighted by Gasteiger charge is 2.05. The molecule has 3 heteroatoms. The molecule has 0 aromatic rings. The second kappa shape index (κ2) is 2.39. The maximum Gasteiger partial charge on any atom is 0.0765 e. The molecule has 1 aliphatic heterocycles. The predicted octanol–water partition coefficient (Wildman–Crippen LogP) is 0.844. The lowest BCUT2D eigenvalue weighted by Crippen LogP contribution is -2.08. The third-order valence-electron chi connectivity index (χ3n) is 0.970. The van der Waals surface area contributed by atoms with Gasteiger partial charge in [0.1, 0.15) is 0 Å². The van der Waals surface area contributed by atoms with Crippen molar-refractivity contribution in [1.82, 2.24) is 0 Å². The molecule has 0 bridgehead atoms. The van der Waals surface area contributed by atoms with E-state index >= 15 is 0 Å². The van der Waals surface area contributed by atoms with E-state index in [1.54, 1.807) is 0 Å². The Labute approximate surface area is 43.6 Å². The van der Waals surface area contributed by atoms with Crippen LogP contribution in [0.15, 0.2) is 0 Å². The monoisotopic (exact) mass is 119 g/mol. The van der Waals surface area contributed by atoms with Gasteiger partial charge in [-0.25, -0.2) is 0 Å². The first kappa shape index (κ1) is 5.20. The highest BCUT2D eigenvalue weighted by atomic mass is 31.1. The molecular formula is C4H8O2P. The molecular weight excluding hydrogens is 111 g/mol. The van der Waals surface area contributed by atoms with Crippen LogP contribution in [-0.2, 0) is 9.30 Å². The minimum absolute atomic E-state index is 0.704. The van der Waals surface area contributed by atoms with Gasteiger partial charge in [0.05, 0.1) is 21.0 Å². The van der Waals surface area contributed by atoms with E-state index in [1.807, 2.05) is 0 Å². The summed E-state index contributed by atoms with van der Waals surface area (Å²) in [6.45, 7) is 1.41. The SMILES string of the molecule is O=[P]1CCOCC1. The summed E-state index contributed by atoms with van der Waals surface area (Å²) in [4.78, 5) is 0. The quantitative estimate of drug-likeness (QED) is 0.442. The second-order valence-electron chi connectivity index (χ2n) is 1.54. The van der Waals surface area contributed by atoms with E-state index in [0.29, 0.717) is 13.2 Å². The van der Waals surface area contributed by atoms with Crippen molar-refractivity contribution >= 4 is 7.80 Å². The maximum absolute atomic E-state index is 10.5. The van der Waals surface area contributed by atoms with Gasteiger partial charge in [-0.05, 0) is 0 Å². The molecule has 0 aromatic heterocycles. The second-order valence-corrected chi connectivity index (χ2v) is 3.40. The third kappa shape index (κ3) is 1.54. The highest BCUT2D eigenvalue weighted by Crippen LogP contribution is 2.21. The fraction of sp³-hybridized carbons (Fsp3) is 1.00. The van der Waals surface area contributed by atoms with Crippen molar-refractivity contribution in [2.75, 3.05) is 25.5 Å². The molecule has 0 unspecified atom stereocenters. The Morgan fingerprint density at radius 3 is 2.14 bits per heavy atom. The average Bonchev–Trinajstić information content (AvgIpc) is 1.69. The van der Waals surface area contributed by atoms with Gasteiger partial charge >= 0.3 is 0 Å². The molecule has 1 fully saturated rings. The third-order valence-corrected chi connectivity index (χ3v) is 2.33. The van der Waals surface area contributed by atoms with Crippen LogP contribution in [0.4, 0.5) is 0 Å². The van der Waals surface area contributed by atoms with Crippen LogP contribution in [0.1, 0.15) is 0 Å². The molecule has 7 heavy (non-hydrogen) atoms. The Morgan fingerprint density at radius 2 is 1.86 bits per heavy atom. The highest BCUT2D eigenvalue weighted by molar-refractivity contribution is 7.44. The van der Waals surface area contributed by atoms with Crippen molar-refractivity contribution in [3.05, 3.63) is 0 Å². The standard InChI is InChI=1S/C4H8O2P/c5-7-3-1-6-2-4-7/h1-4H2. The van der Waals surface area contributed by atoms with Gasteiger partial charge in [0.15, 0.2) is 0 Å². The van der Waals surface area contributed by atoms with Crippen molar-refractivity contribution in [3.8, 4) is 0 Å². The average molecular weight is 119 g/mol. The van der Waals surface area contributed by atoms with Crippen molar-refractivity contribution in [3.63, 3.8) is 0 Å². The molecule has 1 saturated heterocycles. The zero-order chi connectivity index (χ0) is 5.11. The van der Waals surface area contributed by atoms with Crippen molar-refractivity contribution < 1.29 is 9.30 Å². The Kier molecular flexibility index (Phi) is 1.77. The lowest BCUT2D eigenvalue weighted by atomic mass is 10.8. The zero-order valence-corrected chi connectivity index (χ0v) is 4.99. The van der Waals surface area contributed by atoms with Gasteiger partial charge < -0.3 is 4.74 Å². The van der Waals surface area contributed by atoms with Crippen LogP contribution in [0.3, 0.4) is 0 Å². The molecule has 1 radical (unpaired) electrons. The van der Waals surface area contributed by atoms with Crippen molar-refractivity contribution in [2.24, 2.45) is 0 Å². The number of hydrogen-bond donors (Lipinski definition) is 0. The predicted molar refractivity (Wildman–Crippen MR) is 28.2 cm³/mol. The summed E-state index contributed by atoms with van der Waals surface area (Å²) in [7, 11) is -0.867. The molecule has 1 rings (SSSR count). The van der Waals surface area contributed by atoms with E-state index in [-0.39, 0.29) is 0 Å². The molecule has 0 saturated carbocycles. The molecule has 0 aliphatic carbocycles. The number of hydrogen-bond acceptors (Lipinski definition) is 2. The Morgan fingerprint density at radius 1 is 1.29 bits per heavy atom. The molecule has 1 aliphatic rings. The van der Waals surface area contributed by atoms with E-state index < -0.39 is 7.80 Å². The maximum atomic E-state index is 10.5. The van der Waals surface area contributed by atoms with Gasteiger partial charge in [0.2, 0.25) is 0 Å². The van der Waals surface area contributed by atoms with Crippen LogP contribution >= 0.6 is 7.80 Å². The van der Waals surface area contributed by atoms with Crippen LogP contribution in [0, 0.1) is 0 Å². The molecule has 0 N–H and O–H groups in total. The first-order valence-electron chi connectivity index (χ1n) is 2.39. The molecule has 41 valence electrons. The van der Waals surface area contributed by atoms with Gasteiger partial charge in [-0.2, -0.15) is 0 Å². The largest absolute Gasteiger partial charge is 0.380 e. The van der Waals surface area contributed by atoms with Crippen LogP contribution in [0.25, 0.3) is 0 Å². The van der Waals surface area contributed by atoms with E-state index in [1.165, 1.54) is 0 Å². The smallest absolute Gasteiger partial charge is 0.0765 e. The summed E-state index contributed by atoms with van der Waals surface area (Å²) >= 11 is 0. The Hall–Kier alpha value is 0.0600. The first-order chi connectivity index (χ1) is 3.39.